The normalized spacial score (nSPS) is 17.3. The Labute approximate surface area is 118 Å². The second kappa shape index (κ2) is 8.55. The number of morpholine rings is 1. The van der Waals surface area contributed by atoms with Gasteiger partial charge in [-0.1, -0.05) is 0 Å². The minimum absolute atomic E-state index is 0.149. The van der Waals surface area contributed by atoms with Gasteiger partial charge in [-0.15, -0.1) is 0 Å². The first-order valence-corrected chi connectivity index (χ1v) is 6.71. The Morgan fingerprint density at radius 2 is 2.00 bits per heavy atom. The molecule has 7 nitrogen and oxygen atoms in total. The predicted molar refractivity (Wildman–Crippen MR) is 72.2 cm³/mol. The van der Waals surface area contributed by atoms with E-state index in [1.165, 1.54) is 6.92 Å². The van der Waals surface area contributed by atoms with Gasteiger partial charge in [0.25, 0.3) is 5.91 Å². The van der Waals surface area contributed by atoms with E-state index in [4.69, 9.17) is 9.47 Å². The maximum Gasteiger partial charge on any atom is 0.347 e. The summed E-state index contributed by atoms with van der Waals surface area (Å²) in [5.41, 5.74) is -0.339. The van der Waals surface area contributed by atoms with Crippen molar-refractivity contribution in [2.24, 2.45) is 0 Å². The Hall–Kier alpha value is -1.60. The quantitative estimate of drug-likeness (QED) is 0.232. The molecule has 0 spiro atoms. The molecule has 1 aliphatic heterocycles. The number of nitrogens with one attached hydrogen (secondary N) is 1. The molecule has 0 bridgehead atoms. The number of nitrogens with zero attached hydrogens (tertiary/aromatic N) is 1. The standard InChI is InChI=1S/C13H22N2O5/c1-3-20-13(18)11(10(2)16)12(17)14-4-5-15-6-8-19-9-7-15/h16H,3-9H2,1-2H3,(H,14,17)/b11-10-. The molecule has 0 radical (unpaired) electrons. The third kappa shape index (κ3) is 5.18. The van der Waals surface area contributed by atoms with Gasteiger partial charge in [-0.25, -0.2) is 4.79 Å². The molecule has 114 valence electrons. The number of amides is 1. The fourth-order valence-corrected chi connectivity index (χ4v) is 1.85. The van der Waals surface area contributed by atoms with E-state index >= 15 is 0 Å². The molecule has 1 rings (SSSR count). The zero-order valence-electron chi connectivity index (χ0n) is 12.0. The molecular weight excluding hydrogens is 264 g/mol. The maximum absolute atomic E-state index is 11.9. The summed E-state index contributed by atoms with van der Waals surface area (Å²) in [6.45, 7) is 7.19. The Morgan fingerprint density at radius 3 is 2.55 bits per heavy atom. The molecule has 0 aromatic rings. The van der Waals surface area contributed by atoms with Crippen molar-refractivity contribution in [1.82, 2.24) is 10.2 Å². The summed E-state index contributed by atoms with van der Waals surface area (Å²) in [6, 6.07) is 0. The predicted octanol–water partition coefficient (Wildman–Crippen LogP) is -0.170. The Balaban J connectivity index is 2.42. The van der Waals surface area contributed by atoms with E-state index in [9.17, 15) is 14.7 Å². The topological polar surface area (TPSA) is 88.1 Å². The molecule has 0 aliphatic carbocycles. The lowest BCUT2D eigenvalue weighted by Gasteiger charge is -2.26. The third-order valence-corrected chi connectivity index (χ3v) is 2.89. The zero-order valence-corrected chi connectivity index (χ0v) is 12.0. The lowest BCUT2D eigenvalue weighted by molar-refractivity contribution is -0.140. The Kier molecular flexibility index (Phi) is 7.03. The van der Waals surface area contributed by atoms with Crippen LogP contribution in [0.2, 0.25) is 0 Å². The molecule has 1 heterocycles. The molecule has 1 amide bonds. The van der Waals surface area contributed by atoms with Crippen LogP contribution in [0, 0.1) is 0 Å². The number of hydrogen-bond donors (Lipinski definition) is 2. The van der Waals surface area contributed by atoms with Crippen molar-refractivity contribution < 1.29 is 24.2 Å². The van der Waals surface area contributed by atoms with Gasteiger partial charge >= 0.3 is 5.97 Å². The SMILES string of the molecule is CCOC(=O)/C(C(=O)NCCN1CCOCC1)=C(/C)O. The van der Waals surface area contributed by atoms with Crippen molar-refractivity contribution in [2.75, 3.05) is 46.0 Å². The van der Waals surface area contributed by atoms with Crippen LogP contribution in [0.1, 0.15) is 13.8 Å². The van der Waals surface area contributed by atoms with Gasteiger partial charge in [0.1, 0.15) is 5.76 Å². The third-order valence-electron chi connectivity index (χ3n) is 2.89. The monoisotopic (exact) mass is 286 g/mol. The molecule has 0 aromatic heterocycles. The summed E-state index contributed by atoms with van der Waals surface area (Å²) in [5, 5.41) is 12.0. The van der Waals surface area contributed by atoms with Gasteiger partial charge in [-0.05, 0) is 13.8 Å². The molecule has 0 unspecified atom stereocenters. The molecule has 1 saturated heterocycles. The van der Waals surface area contributed by atoms with E-state index in [1.54, 1.807) is 6.92 Å². The summed E-state index contributed by atoms with van der Waals surface area (Å²) in [5.74, 6) is -1.76. The molecule has 2 N–H and O–H groups in total. The van der Waals surface area contributed by atoms with E-state index in [0.717, 1.165) is 13.1 Å². The van der Waals surface area contributed by atoms with Gasteiger partial charge in [0, 0.05) is 26.2 Å². The smallest absolute Gasteiger partial charge is 0.347 e. The molecular formula is C13H22N2O5. The van der Waals surface area contributed by atoms with Crippen LogP contribution in [0.3, 0.4) is 0 Å². The number of esters is 1. The van der Waals surface area contributed by atoms with Crippen LogP contribution in [-0.4, -0.2) is 67.9 Å². The fourth-order valence-electron chi connectivity index (χ4n) is 1.85. The first kappa shape index (κ1) is 16.5. The highest BCUT2D eigenvalue weighted by Crippen LogP contribution is 2.04. The van der Waals surface area contributed by atoms with E-state index < -0.39 is 11.9 Å². The van der Waals surface area contributed by atoms with Crippen LogP contribution in [0.25, 0.3) is 0 Å². The number of carbonyl (C=O) groups excluding carboxylic acids is 2. The van der Waals surface area contributed by atoms with E-state index in [0.29, 0.717) is 26.3 Å². The molecule has 0 atom stereocenters. The maximum atomic E-state index is 11.9. The van der Waals surface area contributed by atoms with Crippen LogP contribution < -0.4 is 5.32 Å². The number of hydrogen-bond acceptors (Lipinski definition) is 6. The zero-order chi connectivity index (χ0) is 15.0. The number of ether oxygens (including phenoxy) is 2. The number of carbonyl (C=O) groups is 2. The van der Waals surface area contributed by atoms with Crippen LogP contribution in [0.15, 0.2) is 11.3 Å². The van der Waals surface area contributed by atoms with E-state index in [1.807, 2.05) is 0 Å². The van der Waals surface area contributed by atoms with Gasteiger partial charge in [0.2, 0.25) is 0 Å². The van der Waals surface area contributed by atoms with Gasteiger partial charge in [-0.2, -0.15) is 0 Å². The first-order chi connectivity index (χ1) is 9.56. The lowest BCUT2D eigenvalue weighted by atomic mass is 10.2. The average Bonchev–Trinajstić information content (AvgIpc) is 2.40. The molecule has 1 fully saturated rings. The Morgan fingerprint density at radius 1 is 1.35 bits per heavy atom. The lowest BCUT2D eigenvalue weighted by Crippen LogP contribution is -2.42. The summed E-state index contributed by atoms with van der Waals surface area (Å²) in [6.07, 6.45) is 0. The van der Waals surface area contributed by atoms with Gasteiger partial charge in [0.05, 0.1) is 19.8 Å². The highest BCUT2D eigenvalue weighted by Gasteiger charge is 2.22. The van der Waals surface area contributed by atoms with Crippen molar-refractivity contribution in [1.29, 1.82) is 0 Å². The van der Waals surface area contributed by atoms with Crippen molar-refractivity contribution in [3.8, 4) is 0 Å². The van der Waals surface area contributed by atoms with Crippen LogP contribution in [0.4, 0.5) is 0 Å². The number of rotatable bonds is 6. The summed E-state index contributed by atoms with van der Waals surface area (Å²) in [7, 11) is 0. The van der Waals surface area contributed by atoms with Crippen LogP contribution >= 0.6 is 0 Å². The van der Waals surface area contributed by atoms with Gasteiger partial charge < -0.3 is 19.9 Å². The summed E-state index contributed by atoms with van der Waals surface area (Å²) >= 11 is 0. The highest BCUT2D eigenvalue weighted by molar-refractivity contribution is 6.16. The molecule has 0 saturated carbocycles. The van der Waals surface area contributed by atoms with E-state index in [2.05, 4.69) is 10.2 Å². The van der Waals surface area contributed by atoms with Crippen LogP contribution in [0.5, 0.6) is 0 Å². The van der Waals surface area contributed by atoms with Crippen molar-refractivity contribution in [3.63, 3.8) is 0 Å². The van der Waals surface area contributed by atoms with E-state index in [-0.39, 0.29) is 17.9 Å². The first-order valence-electron chi connectivity index (χ1n) is 6.71. The number of allylic oxidation sites excluding steroid dienone is 1. The van der Waals surface area contributed by atoms with Crippen molar-refractivity contribution in [2.45, 2.75) is 13.8 Å². The van der Waals surface area contributed by atoms with Gasteiger partial charge in [0.15, 0.2) is 5.57 Å². The number of aliphatic hydroxyl groups is 1. The minimum Gasteiger partial charge on any atom is -0.511 e. The molecule has 1 aliphatic rings. The summed E-state index contributed by atoms with van der Waals surface area (Å²) < 4.78 is 9.96. The molecule has 0 aromatic carbocycles. The van der Waals surface area contributed by atoms with Crippen molar-refractivity contribution in [3.05, 3.63) is 11.3 Å². The Bertz CT molecular complexity index is 371. The number of aliphatic hydroxyl groups excluding tert-OH is 1. The largest absolute Gasteiger partial charge is 0.511 e. The second-order valence-corrected chi connectivity index (χ2v) is 4.39. The molecule has 20 heavy (non-hydrogen) atoms. The molecule has 7 heteroatoms. The minimum atomic E-state index is -0.809. The second-order valence-electron chi connectivity index (χ2n) is 4.39. The van der Waals surface area contributed by atoms with Crippen LogP contribution in [-0.2, 0) is 19.1 Å². The van der Waals surface area contributed by atoms with Crippen molar-refractivity contribution >= 4 is 11.9 Å². The summed E-state index contributed by atoms with van der Waals surface area (Å²) in [4.78, 5) is 25.6. The van der Waals surface area contributed by atoms with Gasteiger partial charge in [-0.3, -0.25) is 9.69 Å². The highest BCUT2D eigenvalue weighted by atomic mass is 16.5. The fraction of sp³-hybridized carbons (Fsp3) is 0.692. The average molecular weight is 286 g/mol.